The monoisotopic (exact) mass is 256 g/mol. The Kier molecular flexibility index (Phi) is 3.15. The normalized spacial score (nSPS) is 21.0. The van der Waals surface area contributed by atoms with E-state index in [2.05, 4.69) is 6.58 Å². The summed E-state index contributed by atoms with van der Waals surface area (Å²) in [5, 5.41) is 0. The zero-order chi connectivity index (χ0) is 13.4. The van der Waals surface area contributed by atoms with Gasteiger partial charge in [0, 0.05) is 23.4 Å². The predicted octanol–water partition coefficient (Wildman–Crippen LogP) is 2.63. The van der Waals surface area contributed by atoms with Crippen molar-refractivity contribution in [3.8, 4) is 0 Å². The van der Waals surface area contributed by atoms with Crippen LogP contribution in [0.3, 0.4) is 0 Å². The highest BCUT2D eigenvalue weighted by Gasteiger charge is 2.39. The van der Waals surface area contributed by atoms with E-state index in [1.54, 1.807) is 0 Å². The highest BCUT2D eigenvalue weighted by Crippen LogP contribution is 2.38. The number of hydrogen-bond donors (Lipinski definition) is 1. The molecule has 0 spiro atoms. The standard InChI is InChI=1S/C16H20N2O/c1-11-13-8-4-5-9-14(13)16(19)18(11)15(10-17)12-6-2-3-7-12/h4-5,8-9,12,15H,1-3,6-7,10,17H2. The van der Waals surface area contributed by atoms with Gasteiger partial charge in [-0.25, -0.2) is 0 Å². The first-order valence-corrected chi connectivity index (χ1v) is 7.06. The van der Waals surface area contributed by atoms with Gasteiger partial charge in [-0.3, -0.25) is 4.79 Å². The van der Waals surface area contributed by atoms with Crippen molar-refractivity contribution in [1.82, 2.24) is 4.90 Å². The van der Waals surface area contributed by atoms with E-state index in [0.717, 1.165) is 16.8 Å². The van der Waals surface area contributed by atoms with Crippen molar-refractivity contribution in [2.75, 3.05) is 6.54 Å². The number of carbonyl (C=O) groups is 1. The van der Waals surface area contributed by atoms with Crippen LogP contribution in [0.5, 0.6) is 0 Å². The molecule has 0 radical (unpaired) electrons. The minimum absolute atomic E-state index is 0.0722. The maximum Gasteiger partial charge on any atom is 0.259 e. The summed E-state index contributed by atoms with van der Waals surface area (Å²) in [7, 11) is 0. The Morgan fingerprint density at radius 2 is 1.89 bits per heavy atom. The SMILES string of the molecule is C=C1c2ccccc2C(=O)N1C(CN)C1CCCC1. The minimum atomic E-state index is 0.0722. The third kappa shape index (κ3) is 1.89. The summed E-state index contributed by atoms with van der Waals surface area (Å²) in [6, 6.07) is 7.81. The molecule has 1 amide bonds. The second-order valence-corrected chi connectivity index (χ2v) is 5.52. The van der Waals surface area contributed by atoms with Gasteiger partial charge in [-0.05, 0) is 24.8 Å². The number of nitrogens with two attached hydrogens (primary N) is 1. The van der Waals surface area contributed by atoms with Crippen LogP contribution in [0.15, 0.2) is 30.8 Å². The van der Waals surface area contributed by atoms with E-state index < -0.39 is 0 Å². The first kappa shape index (κ1) is 12.4. The Balaban J connectivity index is 1.93. The Morgan fingerprint density at radius 1 is 1.26 bits per heavy atom. The largest absolute Gasteiger partial charge is 0.328 e. The molecule has 1 atom stereocenters. The smallest absolute Gasteiger partial charge is 0.259 e. The molecule has 100 valence electrons. The van der Waals surface area contributed by atoms with Crippen molar-refractivity contribution in [3.63, 3.8) is 0 Å². The lowest BCUT2D eigenvalue weighted by molar-refractivity contribution is 0.0767. The molecule has 1 aromatic carbocycles. The highest BCUT2D eigenvalue weighted by atomic mass is 16.2. The maximum atomic E-state index is 12.6. The van der Waals surface area contributed by atoms with Crippen LogP contribution in [-0.2, 0) is 0 Å². The first-order chi connectivity index (χ1) is 9.24. The number of benzene rings is 1. The van der Waals surface area contributed by atoms with Crippen LogP contribution >= 0.6 is 0 Å². The molecule has 0 saturated heterocycles. The summed E-state index contributed by atoms with van der Waals surface area (Å²) in [5.74, 6) is 0.600. The number of rotatable bonds is 3. The van der Waals surface area contributed by atoms with Crippen LogP contribution in [0.1, 0.15) is 41.6 Å². The van der Waals surface area contributed by atoms with Gasteiger partial charge in [0.15, 0.2) is 0 Å². The molecule has 1 saturated carbocycles. The Hall–Kier alpha value is -1.61. The van der Waals surface area contributed by atoms with Crippen LogP contribution in [-0.4, -0.2) is 23.4 Å². The molecule has 1 unspecified atom stereocenters. The number of amides is 1. The Bertz CT molecular complexity index is 482. The molecule has 3 nitrogen and oxygen atoms in total. The summed E-state index contributed by atoms with van der Waals surface area (Å²) in [6.07, 6.45) is 4.86. The zero-order valence-electron chi connectivity index (χ0n) is 11.1. The molecule has 2 N–H and O–H groups in total. The summed E-state index contributed by atoms with van der Waals surface area (Å²) in [4.78, 5) is 14.4. The van der Waals surface area contributed by atoms with Gasteiger partial charge < -0.3 is 10.6 Å². The molecule has 1 aliphatic carbocycles. The van der Waals surface area contributed by atoms with E-state index in [4.69, 9.17) is 5.73 Å². The van der Waals surface area contributed by atoms with Gasteiger partial charge in [-0.2, -0.15) is 0 Å². The van der Waals surface area contributed by atoms with Crippen molar-refractivity contribution in [2.45, 2.75) is 31.7 Å². The van der Waals surface area contributed by atoms with E-state index in [1.807, 2.05) is 29.2 Å². The Labute approximate surface area is 114 Å². The van der Waals surface area contributed by atoms with Gasteiger partial charge in [0.25, 0.3) is 5.91 Å². The van der Waals surface area contributed by atoms with Crippen LogP contribution in [0.4, 0.5) is 0 Å². The summed E-state index contributed by atoms with van der Waals surface area (Å²) in [6.45, 7) is 4.63. The van der Waals surface area contributed by atoms with E-state index in [-0.39, 0.29) is 11.9 Å². The zero-order valence-corrected chi connectivity index (χ0v) is 11.1. The van der Waals surface area contributed by atoms with Crippen molar-refractivity contribution in [2.24, 2.45) is 11.7 Å². The van der Waals surface area contributed by atoms with Crippen LogP contribution in [0.2, 0.25) is 0 Å². The number of carbonyl (C=O) groups excluding carboxylic acids is 1. The molecule has 1 heterocycles. The van der Waals surface area contributed by atoms with Gasteiger partial charge in [0.05, 0.1) is 6.04 Å². The third-order valence-electron chi connectivity index (χ3n) is 4.50. The number of hydrogen-bond acceptors (Lipinski definition) is 2. The fourth-order valence-corrected chi connectivity index (χ4v) is 3.50. The van der Waals surface area contributed by atoms with Gasteiger partial charge in [-0.15, -0.1) is 0 Å². The molecule has 2 aliphatic rings. The van der Waals surface area contributed by atoms with Crippen LogP contribution in [0.25, 0.3) is 5.70 Å². The second-order valence-electron chi connectivity index (χ2n) is 5.52. The molecule has 19 heavy (non-hydrogen) atoms. The lowest BCUT2D eigenvalue weighted by Crippen LogP contribution is -2.44. The molecular weight excluding hydrogens is 236 g/mol. The molecule has 1 fully saturated rings. The van der Waals surface area contributed by atoms with Crippen molar-refractivity contribution in [1.29, 1.82) is 0 Å². The first-order valence-electron chi connectivity index (χ1n) is 7.06. The molecule has 1 aromatic rings. The second kappa shape index (κ2) is 4.82. The number of nitrogens with zero attached hydrogens (tertiary/aromatic N) is 1. The summed E-state index contributed by atoms with van der Waals surface area (Å²) in [5.41, 5.74) is 8.51. The molecular formula is C16H20N2O. The highest BCUT2D eigenvalue weighted by molar-refractivity contribution is 6.09. The van der Waals surface area contributed by atoms with Crippen molar-refractivity contribution >= 4 is 11.6 Å². The molecule has 3 heteroatoms. The minimum Gasteiger partial charge on any atom is -0.328 e. The van der Waals surface area contributed by atoms with Crippen molar-refractivity contribution < 1.29 is 4.79 Å². The van der Waals surface area contributed by atoms with E-state index >= 15 is 0 Å². The maximum absolute atomic E-state index is 12.6. The lowest BCUT2D eigenvalue weighted by Gasteiger charge is -2.32. The van der Waals surface area contributed by atoms with E-state index in [9.17, 15) is 4.79 Å². The fraction of sp³-hybridized carbons (Fsp3) is 0.438. The quantitative estimate of drug-likeness (QED) is 0.903. The fourth-order valence-electron chi connectivity index (χ4n) is 3.50. The van der Waals surface area contributed by atoms with Gasteiger partial charge in [-0.1, -0.05) is 37.6 Å². The van der Waals surface area contributed by atoms with Crippen molar-refractivity contribution in [3.05, 3.63) is 42.0 Å². The average molecular weight is 256 g/mol. The average Bonchev–Trinajstić information content (AvgIpc) is 3.04. The predicted molar refractivity (Wildman–Crippen MR) is 76.4 cm³/mol. The molecule has 0 bridgehead atoms. The summed E-state index contributed by atoms with van der Waals surface area (Å²) >= 11 is 0. The Morgan fingerprint density at radius 3 is 2.47 bits per heavy atom. The van der Waals surface area contributed by atoms with Crippen LogP contribution < -0.4 is 5.73 Å². The van der Waals surface area contributed by atoms with E-state index in [1.165, 1.54) is 25.7 Å². The van der Waals surface area contributed by atoms with Gasteiger partial charge in [0.2, 0.25) is 0 Å². The lowest BCUT2D eigenvalue weighted by atomic mass is 9.96. The van der Waals surface area contributed by atoms with Crippen LogP contribution in [0, 0.1) is 5.92 Å². The van der Waals surface area contributed by atoms with Gasteiger partial charge >= 0.3 is 0 Å². The molecule has 0 aromatic heterocycles. The molecule has 1 aliphatic heterocycles. The van der Waals surface area contributed by atoms with E-state index in [0.29, 0.717) is 12.5 Å². The topological polar surface area (TPSA) is 46.3 Å². The van der Waals surface area contributed by atoms with Gasteiger partial charge in [0.1, 0.15) is 0 Å². The number of fused-ring (bicyclic) bond motifs is 1. The molecule has 3 rings (SSSR count). The third-order valence-corrected chi connectivity index (χ3v) is 4.50. The summed E-state index contributed by atoms with van der Waals surface area (Å²) < 4.78 is 0.